The van der Waals surface area contributed by atoms with E-state index < -0.39 is 37.3 Å². The van der Waals surface area contributed by atoms with E-state index in [1.807, 2.05) is 30.3 Å². The Hall–Kier alpha value is -2.42. The van der Waals surface area contributed by atoms with Gasteiger partial charge in [0.1, 0.15) is 24.4 Å². The zero-order valence-corrected chi connectivity index (χ0v) is 14.3. The van der Waals surface area contributed by atoms with Gasteiger partial charge in [-0.15, -0.1) is 0 Å². The van der Waals surface area contributed by atoms with Gasteiger partial charge in [-0.25, -0.2) is 0 Å². The number of benzene rings is 3. The minimum Gasteiger partial charge on any atom is -0.504 e. The van der Waals surface area contributed by atoms with Gasteiger partial charge in [0.05, 0.1) is 6.61 Å². The lowest BCUT2D eigenvalue weighted by Crippen LogP contribution is -2.60. The molecule has 0 spiro atoms. The molecule has 7 heteroatoms. The minimum absolute atomic E-state index is 0.0857. The molecule has 0 unspecified atom stereocenters. The van der Waals surface area contributed by atoms with E-state index in [1.165, 1.54) is 6.07 Å². The first-order chi connectivity index (χ1) is 13.0. The Morgan fingerprint density at radius 3 is 2.33 bits per heavy atom. The van der Waals surface area contributed by atoms with E-state index in [2.05, 4.69) is 0 Å². The zero-order valence-electron chi connectivity index (χ0n) is 14.3. The Balaban J connectivity index is 1.77. The number of aliphatic hydroxyl groups is 4. The van der Waals surface area contributed by atoms with Gasteiger partial charge in [-0.05, 0) is 34.4 Å². The highest BCUT2D eigenvalue weighted by Gasteiger charge is 2.45. The molecular weight excluding hydrogens is 352 g/mol. The summed E-state index contributed by atoms with van der Waals surface area (Å²) in [5, 5.41) is 53.1. The number of aromatic hydroxyl groups is 1. The molecule has 1 fully saturated rings. The number of ether oxygens (including phenoxy) is 2. The number of hydrogen-bond acceptors (Lipinski definition) is 7. The number of phenols is 1. The molecule has 0 aliphatic carbocycles. The van der Waals surface area contributed by atoms with Crippen molar-refractivity contribution in [3.05, 3.63) is 48.5 Å². The summed E-state index contributed by atoms with van der Waals surface area (Å²) in [7, 11) is 0. The van der Waals surface area contributed by atoms with Crippen LogP contribution in [0.25, 0.3) is 21.5 Å². The molecule has 1 saturated heterocycles. The molecule has 5 atom stereocenters. The third-order valence-corrected chi connectivity index (χ3v) is 4.94. The zero-order chi connectivity index (χ0) is 19.1. The summed E-state index contributed by atoms with van der Waals surface area (Å²) in [5.74, 6) is -0.0719. The molecule has 142 valence electrons. The summed E-state index contributed by atoms with van der Waals surface area (Å²) >= 11 is 0. The van der Waals surface area contributed by atoms with Gasteiger partial charge >= 0.3 is 0 Å². The van der Waals surface area contributed by atoms with Crippen molar-refractivity contribution in [2.24, 2.45) is 0 Å². The Morgan fingerprint density at radius 2 is 1.56 bits per heavy atom. The third kappa shape index (κ3) is 2.99. The second-order valence-corrected chi connectivity index (χ2v) is 6.61. The molecule has 7 nitrogen and oxygen atoms in total. The smallest absolute Gasteiger partial charge is 0.229 e. The molecule has 0 aromatic heterocycles. The van der Waals surface area contributed by atoms with Crippen molar-refractivity contribution in [2.45, 2.75) is 30.7 Å². The molecule has 0 bridgehead atoms. The van der Waals surface area contributed by atoms with Gasteiger partial charge in [0, 0.05) is 5.39 Å². The fraction of sp³-hybridized carbons (Fsp3) is 0.300. The summed E-state index contributed by atoms with van der Waals surface area (Å²) in [6, 6.07) is 14.7. The van der Waals surface area contributed by atoms with Gasteiger partial charge in [-0.1, -0.05) is 30.3 Å². The predicted molar refractivity (Wildman–Crippen MR) is 97.5 cm³/mol. The second kappa shape index (κ2) is 6.95. The largest absolute Gasteiger partial charge is 0.504 e. The monoisotopic (exact) mass is 372 g/mol. The Morgan fingerprint density at radius 1 is 0.815 bits per heavy atom. The van der Waals surface area contributed by atoms with Crippen LogP contribution in [0.4, 0.5) is 0 Å². The van der Waals surface area contributed by atoms with E-state index in [-0.39, 0.29) is 11.5 Å². The normalized spacial score (nSPS) is 28.5. The topological polar surface area (TPSA) is 120 Å². The fourth-order valence-electron chi connectivity index (χ4n) is 3.45. The molecule has 3 aromatic carbocycles. The van der Waals surface area contributed by atoms with Crippen LogP contribution in [0, 0.1) is 0 Å². The van der Waals surface area contributed by atoms with Crippen LogP contribution in [0.5, 0.6) is 11.5 Å². The van der Waals surface area contributed by atoms with E-state index in [1.54, 1.807) is 12.1 Å². The number of aliphatic hydroxyl groups excluding tert-OH is 4. The Bertz CT molecular complexity index is 971. The molecule has 0 radical (unpaired) electrons. The molecular formula is C20H20O7. The molecule has 4 rings (SSSR count). The molecule has 1 heterocycles. The van der Waals surface area contributed by atoms with Crippen molar-refractivity contribution in [3.8, 4) is 11.5 Å². The van der Waals surface area contributed by atoms with Gasteiger partial charge < -0.3 is 35.0 Å². The lowest BCUT2D eigenvalue weighted by atomic mass is 9.99. The Labute approximate surface area is 154 Å². The van der Waals surface area contributed by atoms with Crippen LogP contribution in [-0.2, 0) is 4.74 Å². The molecule has 0 saturated carbocycles. The highest BCUT2D eigenvalue weighted by Crippen LogP contribution is 2.39. The molecule has 27 heavy (non-hydrogen) atoms. The van der Waals surface area contributed by atoms with Crippen LogP contribution in [0.1, 0.15) is 0 Å². The van der Waals surface area contributed by atoms with E-state index in [4.69, 9.17) is 9.47 Å². The first-order valence-electron chi connectivity index (χ1n) is 8.62. The summed E-state index contributed by atoms with van der Waals surface area (Å²) in [4.78, 5) is 0. The Kier molecular flexibility index (Phi) is 4.63. The number of rotatable bonds is 3. The molecule has 5 N–H and O–H groups in total. The van der Waals surface area contributed by atoms with Crippen molar-refractivity contribution in [2.75, 3.05) is 6.61 Å². The van der Waals surface area contributed by atoms with E-state index in [0.29, 0.717) is 5.39 Å². The average Bonchev–Trinajstić information content (AvgIpc) is 2.69. The maximum absolute atomic E-state index is 10.3. The van der Waals surface area contributed by atoms with Gasteiger partial charge in [-0.3, -0.25) is 0 Å². The number of phenolic OH excluding ortho intramolecular Hbond substituents is 1. The van der Waals surface area contributed by atoms with Gasteiger partial charge in [0.25, 0.3) is 0 Å². The SMILES string of the molecule is OC[C@H]1O[C@@H](Oc2c(O)ccc3c2ccc2ccccc23)[C@H](O)[C@@H](O)[C@@H]1O. The summed E-state index contributed by atoms with van der Waals surface area (Å²) in [6.07, 6.45) is -7.05. The summed E-state index contributed by atoms with van der Waals surface area (Å²) in [5.41, 5.74) is 0. The highest BCUT2D eigenvalue weighted by atomic mass is 16.7. The number of fused-ring (bicyclic) bond motifs is 3. The first kappa shape index (κ1) is 18.0. The van der Waals surface area contributed by atoms with E-state index in [0.717, 1.165) is 16.2 Å². The van der Waals surface area contributed by atoms with Gasteiger partial charge in [0.2, 0.25) is 6.29 Å². The predicted octanol–water partition coefficient (Wildman–Crippen LogP) is 0.877. The lowest BCUT2D eigenvalue weighted by molar-refractivity contribution is -0.277. The highest BCUT2D eigenvalue weighted by molar-refractivity contribution is 6.10. The fourth-order valence-corrected chi connectivity index (χ4v) is 3.45. The second-order valence-electron chi connectivity index (χ2n) is 6.61. The van der Waals surface area contributed by atoms with Crippen LogP contribution < -0.4 is 4.74 Å². The van der Waals surface area contributed by atoms with E-state index >= 15 is 0 Å². The van der Waals surface area contributed by atoms with Crippen LogP contribution in [-0.4, -0.2) is 62.8 Å². The van der Waals surface area contributed by atoms with Crippen LogP contribution in [0.3, 0.4) is 0 Å². The maximum atomic E-state index is 10.3. The quantitative estimate of drug-likeness (QED) is 0.433. The average molecular weight is 372 g/mol. The minimum atomic E-state index is -1.56. The van der Waals surface area contributed by atoms with Crippen molar-refractivity contribution < 1.29 is 35.0 Å². The van der Waals surface area contributed by atoms with Gasteiger partial charge in [-0.2, -0.15) is 0 Å². The number of hydrogen-bond donors (Lipinski definition) is 5. The first-order valence-corrected chi connectivity index (χ1v) is 8.62. The third-order valence-electron chi connectivity index (χ3n) is 4.94. The maximum Gasteiger partial charge on any atom is 0.229 e. The van der Waals surface area contributed by atoms with Crippen LogP contribution in [0.15, 0.2) is 48.5 Å². The molecule has 1 aliphatic rings. The molecule has 3 aromatic rings. The lowest BCUT2D eigenvalue weighted by Gasteiger charge is -2.39. The molecule has 1 aliphatic heterocycles. The molecule has 0 amide bonds. The van der Waals surface area contributed by atoms with Gasteiger partial charge in [0.15, 0.2) is 11.5 Å². The standard InChI is InChI=1S/C20H20O7/c21-9-15-16(23)17(24)18(25)20(26-15)27-19-13-6-5-10-3-1-2-4-11(10)12(13)7-8-14(19)22/h1-8,15-18,20-25H,9H2/t15-,16-,17+,18-,20+/m1/s1. The van der Waals surface area contributed by atoms with E-state index in [9.17, 15) is 25.5 Å². The summed E-state index contributed by atoms with van der Waals surface area (Å²) in [6.45, 7) is -0.559. The van der Waals surface area contributed by atoms with Crippen LogP contribution >= 0.6 is 0 Å². The van der Waals surface area contributed by atoms with Crippen LogP contribution in [0.2, 0.25) is 0 Å². The summed E-state index contributed by atoms with van der Waals surface area (Å²) < 4.78 is 11.1. The van der Waals surface area contributed by atoms with Crippen molar-refractivity contribution in [1.29, 1.82) is 0 Å². The van der Waals surface area contributed by atoms with Crippen molar-refractivity contribution in [1.82, 2.24) is 0 Å². The van der Waals surface area contributed by atoms with Crippen molar-refractivity contribution in [3.63, 3.8) is 0 Å². The van der Waals surface area contributed by atoms with Crippen molar-refractivity contribution >= 4 is 21.5 Å².